The van der Waals surface area contributed by atoms with Crippen LogP contribution >= 0.6 is 0 Å². The van der Waals surface area contributed by atoms with E-state index in [1.807, 2.05) is 30.3 Å². The number of hydrogen-bond donors (Lipinski definition) is 1. The highest BCUT2D eigenvalue weighted by Gasteiger charge is 2.34. The van der Waals surface area contributed by atoms with Crippen LogP contribution in [0.5, 0.6) is 5.75 Å². The minimum atomic E-state index is -4.41. The van der Waals surface area contributed by atoms with E-state index < -0.39 is 17.8 Å². The van der Waals surface area contributed by atoms with E-state index in [9.17, 15) is 13.2 Å². The van der Waals surface area contributed by atoms with Gasteiger partial charge in [0.2, 0.25) is 0 Å². The van der Waals surface area contributed by atoms with Gasteiger partial charge in [-0.05, 0) is 31.2 Å². The Morgan fingerprint density at radius 3 is 2.29 bits per heavy atom. The van der Waals surface area contributed by atoms with Crippen LogP contribution in [-0.4, -0.2) is 12.6 Å². The summed E-state index contributed by atoms with van der Waals surface area (Å²) in [5.74, 6) is -0.146. The lowest BCUT2D eigenvalue weighted by molar-refractivity contribution is -0.139. The van der Waals surface area contributed by atoms with Gasteiger partial charge in [0.15, 0.2) is 0 Å². The SMILES string of the molecule is CC(CNc1ccccc1)Oc1ccccc1C(F)(F)F. The van der Waals surface area contributed by atoms with Gasteiger partial charge >= 0.3 is 6.18 Å². The lowest BCUT2D eigenvalue weighted by Gasteiger charge is -2.19. The van der Waals surface area contributed by atoms with Crippen molar-refractivity contribution < 1.29 is 17.9 Å². The van der Waals surface area contributed by atoms with E-state index in [0.29, 0.717) is 6.54 Å². The van der Waals surface area contributed by atoms with Crippen LogP contribution < -0.4 is 10.1 Å². The second-order valence-electron chi connectivity index (χ2n) is 4.67. The van der Waals surface area contributed by atoms with Crippen molar-refractivity contribution in [1.82, 2.24) is 0 Å². The van der Waals surface area contributed by atoms with E-state index in [-0.39, 0.29) is 5.75 Å². The van der Waals surface area contributed by atoms with Crippen molar-refractivity contribution in [3.63, 3.8) is 0 Å². The first-order chi connectivity index (χ1) is 9.97. The van der Waals surface area contributed by atoms with Gasteiger partial charge in [-0.1, -0.05) is 30.3 Å². The van der Waals surface area contributed by atoms with Gasteiger partial charge in [-0.15, -0.1) is 0 Å². The van der Waals surface area contributed by atoms with Crippen LogP contribution in [0.3, 0.4) is 0 Å². The molecule has 0 aliphatic heterocycles. The topological polar surface area (TPSA) is 21.3 Å². The molecule has 2 aromatic rings. The summed E-state index contributed by atoms with van der Waals surface area (Å²) in [4.78, 5) is 0. The molecule has 2 nitrogen and oxygen atoms in total. The van der Waals surface area contributed by atoms with Crippen molar-refractivity contribution in [2.75, 3.05) is 11.9 Å². The lowest BCUT2D eigenvalue weighted by Crippen LogP contribution is -2.24. The standard InChI is InChI=1S/C16H16F3NO/c1-12(11-20-13-7-3-2-4-8-13)21-15-10-6-5-9-14(15)16(17,18)19/h2-10,12,20H,11H2,1H3. The number of hydrogen-bond acceptors (Lipinski definition) is 2. The molecule has 0 aliphatic carbocycles. The Labute approximate surface area is 121 Å². The summed E-state index contributed by atoms with van der Waals surface area (Å²) < 4.78 is 44.0. The molecule has 0 amide bonds. The molecule has 2 aromatic carbocycles. The minimum Gasteiger partial charge on any atom is -0.488 e. The Morgan fingerprint density at radius 1 is 1.00 bits per heavy atom. The van der Waals surface area contributed by atoms with Crippen molar-refractivity contribution in [1.29, 1.82) is 0 Å². The van der Waals surface area contributed by atoms with Crippen LogP contribution in [0.2, 0.25) is 0 Å². The van der Waals surface area contributed by atoms with E-state index in [1.54, 1.807) is 6.92 Å². The van der Waals surface area contributed by atoms with Gasteiger partial charge in [-0.25, -0.2) is 0 Å². The fraction of sp³-hybridized carbons (Fsp3) is 0.250. The number of rotatable bonds is 5. The van der Waals surface area contributed by atoms with Gasteiger partial charge in [0, 0.05) is 5.69 Å². The highest BCUT2D eigenvalue weighted by Crippen LogP contribution is 2.36. The molecule has 112 valence electrons. The van der Waals surface area contributed by atoms with E-state index in [0.717, 1.165) is 11.8 Å². The van der Waals surface area contributed by atoms with Crippen LogP contribution in [-0.2, 0) is 6.18 Å². The molecule has 0 spiro atoms. The molecule has 2 rings (SSSR count). The summed E-state index contributed by atoms with van der Waals surface area (Å²) in [6, 6.07) is 14.7. The third-order valence-electron chi connectivity index (χ3n) is 2.89. The Kier molecular flexibility index (Phi) is 4.73. The van der Waals surface area contributed by atoms with Crippen LogP contribution in [0.15, 0.2) is 54.6 Å². The molecule has 1 unspecified atom stereocenters. The predicted molar refractivity (Wildman–Crippen MR) is 76.5 cm³/mol. The molecule has 5 heteroatoms. The minimum absolute atomic E-state index is 0.146. The average Bonchev–Trinajstić information content (AvgIpc) is 2.46. The molecule has 1 atom stereocenters. The zero-order chi connectivity index (χ0) is 15.3. The number of ether oxygens (including phenoxy) is 1. The van der Waals surface area contributed by atoms with Crippen LogP contribution in [0.4, 0.5) is 18.9 Å². The molecule has 0 heterocycles. The van der Waals surface area contributed by atoms with Crippen molar-refractivity contribution in [3.05, 3.63) is 60.2 Å². The highest BCUT2D eigenvalue weighted by molar-refractivity contribution is 5.42. The van der Waals surface area contributed by atoms with E-state index in [2.05, 4.69) is 5.32 Å². The second kappa shape index (κ2) is 6.52. The Bertz CT molecular complexity index is 569. The maximum absolute atomic E-state index is 12.9. The van der Waals surface area contributed by atoms with Gasteiger partial charge < -0.3 is 10.1 Å². The quantitative estimate of drug-likeness (QED) is 0.871. The number of nitrogens with one attached hydrogen (secondary N) is 1. The Hall–Kier alpha value is -2.17. The van der Waals surface area contributed by atoms with Gasteiger partial charge in [-0.2, -0.15) is 13.2 Å². The summed E-state index contributed by atoms with van der Waals surface area (Å²) in [6.45, 7) is 2.14. The van der Waals surface area contributed by atoms with Crippen LogP contribution in [0.25, 0.3) is 0 Å². The summed E-state index contributed by atoms with van der Waals surface area (Å²) >= 11 is 0. The van der Waals surface area contributed by atoms with Crippen molar-refractivity contribution in [3.8, 4) is 5.75 Å². The summed E-state index contributed by atoms with van der Waals surface area (Å²) in [7, 11) is 0. The second-order valence-corrected chi connectivity index (χ2v) is 4.67. The highest BCUT2D eigenvalue weighted by atomic mass is 19.4. The monoisotopic (exact) mass is 295 g/mol. The number of benzene rings is 2. The van der Waals surface area contributed by atoms with E-state index in [1.165, 1.54) is 18.2 Å². The van der Waals surface area contributed by atoms with E-state index >= 15 is 0 Å². The van der Waals surface area contributed by atoms with Crippen molar-refractivity contribution in [2.24, 2.45) is 0 Å². The Balaban J connectivity index is 1.98. The predicted octanol–water partition coefficient (Wildman–Crippen LogP) is 4.58. The normalized spacial score (nSPS) is 12.8. The molecular weight excluding hydrogens is 279 g/mol. The summed E-state index contributed by atoms with van der Waals surface area (Å²) in [6.07, 6.45) is -4.81. The van der Waals surface area contributed by atoms with Gasteiger partial charge in [0.25, 0.3) is 0 Å². The molecule has 1 N–H and O–H groups in total. The lowest BCUT2D eigenvalue weighted by atomic mass is 10.2. The number of halogens is 3. The first-order valence-electron chi connectivity index (χ1n) is 6.58. The van der Waals surface area contributed by atoms with Crippen LogP contribution in [0.1, 0.15) is 12.5 Å². The largest absolute Gasteiger partial charge is 0.488 e. The molecule has 0 radical (unpaired) electrons. The van der Waals surface area contributed by atoms with Crippen molar-refractivity contribution >= 4 is 5.69 Å². The number of anilines is 1. The molecule has 0 fully saturated rings. The zero-order valence-corrected chi connectivity index (χ0v) is 11.5. The summed E-state index contributed by atoms with van der Waals surface area (Å²) in [5, 5.41) is 3.12. The van der Waals surface area contributed by atoms with Gasteiger partial charge in [-0.3, -0.25) is 0 Å². The van der Waals surface area contributed by atoms with Crippen LogP contribution in [0, 0.1) is 0 Å². The third kappa shape index (κ3) is 4.41. The van der Waals surface area contributed by atoms with E-state index in [4.69, 9.17) is 4.74 Å². The number of alkyl halides is 3. The zero-order valence-electron chi connectivity index (χ0n) is 11.5. The third-order valence-corrected chi connectivity index (χ3v) is 2.89. The molecule has 0 aliphatic rings. The van der Waals surface area contributed by atoms with Gasteiger partial charge in [0.05, 0.1) is 12.1 Å². The van der Waals surface area contributed by atoms with Gasteiger partial charge in [0.1, 0.15) is 11.9 Å². The number of para-hydroxylation sites is 2. The maximum atomic E-state index is 12.9. The fourth-order valence-corrected chi connectivity index (χ4v) is 1.88. The molecule has 21 heavy (non-hydrogen) atoms. The maximum Gasteiger partial charge on any atom is 0.419 e. The first kappa shape index (κ1) is 15.2. The molecule has 0 bridgehead atoms. The fourth-order valence-electron chi connectivity index (χ4n) is 1.88. The molecular formula is C16H16F3NO. The average molecular weight is 295 g/mol. The smallest absolute Gasteiger partial charge is 0.419 e. The molecule has 0 aromatic heterocycles. The Morgan fingerprint density at radius 2 is 1.62 bits per heavy atom. The first-order valence-corrected chi connectivity index (χ1v) is 6.58. The molecule has 0 saturated carbocycles. The van der Waals surface area contributed by atoms with Crippen molar-refractivity contribution in [2.45, 2.75) is 19.2 Å². The summed E-state index contributed by atoms with van der Waals surface area (Å²) in [5.41, 5.74) is 0.147. The molecule has 0 saturated heterocycles.